The van der Waals surface area contributed by atoms with Crippen molar-refractivity contribution in [2.75, 3.05) is 7.11 Å². The first-order valence-electron chi connectivity index (χ1n) is 2.06. The number of carbonyl (C=O) groups excluding carboxylic acids is 1. The second-order valence-corrected chi connectivity index (χ2v) is 1.19. The summed E-state index contributed by atoms with van der Waals surface area (Å²) in [4.78, 5) is 0. The Morgan fingerprint density at radius 3 is 2.25 bits per heavy atom. The predicted molar refractivity (Wildman–Crippen MR) is 26.8 cm³/mol. The molecule has 0 rings (SSSR count). The van der Waals surface area contributed by atoms with Crippen LogP contribution in [0.5, 0.6) is 0 Å². The van der Waals surface area contributed by atoms with Crippen molar-refractivity contribution >= 4 is 6.79 Å². The molecule has 3 nitrogen and oxygen atoms in total. The van der Waals surface area contributed by atoms with Crippen LogP contribution in [0.25, 0.3) is 0 Å². The van der Waals surface area contributed by atoms with Crippen LogP contribution in [0.4, 0.5) is 0 Å². The van der Waals surface area contributed by atoms with Gasteiger partial charge in [0.1, 0.15) is 0 Å². The summed E-state index contributed by atoms with van der Waals surface area (Å²) < 4.78 is 8.70. The fourth-order valence-corrected chi connectivity index (χ4v) is 0.304. The third-order valence-electron chi connectivity index (χ3n) is 0.604. The topological polar surface area (TPSA) is 43.6 Å². The Hall–Kier alpha value is -0.990. The number of hydrogen-bond donors (Lipinski definition) is 0. The second-order valence-electron chi connectivity index (χ2n) is 1.19. The average Bonchev–Trinajstić information content (AvgIpc) is 1.69. The van der Waals surface area contributed by atoms with E-state index < -0.39 is 0 Å². The minimum atomic E-state index is -0.262. The highest BCUT2D eigenvalue weighted by molar-refractivity contribution is 5.13. The SMILES string of the molecule is C=[O+]/C(OC)=C(\C)[O-]. The molecule has 0 spiro atoms. The molecule has 46 valence electrons. The molecule has 0 aromatic rings. The minimum Gasteiger partial charge on any atom is -0.867 e. The van der Waals surface area contributed by atoms with Crippen molar-refractivity contribution in [3.63, 3.8) is 0 Å². The van der Waals surface area contributed by atoms with Crippen molar-refractivity contribution in [1.82, 2.24) is 0 Å². The van der Waals surface area contributed by atoms with Crippen molar-refractivity contribution in [3.05, 3.63) is 11.7 Å². The van der Waals surface area contributed by atoms with Gasteiger partial charge in [-0.25, -0.2) is 0 Å². The van der Waals surface area contributed by atoms with Crippen molar-refractivity contribution in [2.24, 2.45) is 0 Å². The van der Waals surface area contributed by atoms with E-state index in [1.165, 1.54) is 14.0 Å². The fraction of sp³-hybridized carbons (Fsp3) is 0.400. The van der Waals surface area contributed by atoms with Gasteiger partial charge in [0, 0.05) is 5.76 Å². The maximum atomic E-state index is 10.3. The Morgan fingerprint density at radius 2 is 2.25 bits per heavy atom. The van der Waals surface area contributed by atoms with Crippen LogP contribution in [0.15, 0.2) is 11.7 Å². The highest BCUT2D eigenvalue weighted by Crippen LogP contribution is 1.92. The highest BCUT2D eigenvalue weighted by Gasteiger charge is 2.00. The Labute approximate surface area is 47.9 Å². The average molecular weight is 116 g/mol. The van der Waals surface area contributed by atoms with E-state index in [1.807, 2.05) is 0 Å². The molecule has 3 heteroatoms. The Kier molecular flexibility index (Phi) is 2.69. The molecule has 0 amide bonds. The van der Waals surface area contributed by atoms with Crippen LogP contribution >= 0.6 is 0 Å². The van der Waals surface area contributed by atoms with E-state index in [2.05, 4.69) is 16.0 Å². The van der Waals surface area contributed by atoms with E-state index in [0.717, 1.165) is 0 Å². The van der Waals surface area contributed by atoms with E-state index in [9.17, 15) is 5.11 Å². The molecule has 0 aliphatic rings. The predicted octanol–water partition coefficient (Wildman–Crippen LogP) is -0.454. The van der Waals surface area contributed by atoms with Gasteiger partial charge in [-0.1, -0.05) is 0 Å². The van der Waals surface area contributed by atoms with Crippen LogP contribution in [0.1, 0.15) is 6.92 Å². The Balaban J connectivity index is 4.07. The molecule has 0 aromatic heterocycles. The maximum absolute atomic E-state index is 10.3. The zero-order valence-corrected chi connectivity index (χ0v) is 4.93. The van der Waals surface area contributed by atoms with Crippen molar-refractivity contribution in [1.29, 1.82) is 0 Å². The fourth-order valence-electron chi connectivity index (χ4n) is 0.304. The lowest BCUT2D eigenvalue weighted by Gasteiger charge is -1.96. The molecule has 0 radical (unpaired) electrons. The van der Waals surface area contributed by atoms with E-state index in [1.54, 1.807) is 0 Å². The van der Waals surface area contributed by atoms with Gasteiger partial charge in [0.15, 0.2) is 13.9 Å². The molecular weight excluding hydrogens is 108 g/mol. The molecule has 0 aromatic carbocycles. The third kappa shape index (κ3) is 1.64. The molecular formula is C5H8O3. The molecule has 0 saturated carbocycles. The summed E-state index contributed by atoms with van der Waals surface area (Å²) in [5.74, 6) is -0.326. The summed E-state index contributed by atoms with van der Waals surface area (Å²) in [7, 11) is 1.35. The lowest BCUT2D eigenvalue weighted by molar-refractivity contribution is -0.450. The van der Waals surface area contributed by atoms with Crippen LogP contribution in [0.3, 0.4) is 0 Å². The van der Waals surface area contributed by atoms with Crippen LogP contribution in [-0.2, 0) is 9.16 Å². The van der Waals surface area contributed by atoms with Gasteiger partial charge in [-0.3, -0.25) is 4.42 Å². The lowest BCUT2D eigenvalue weighted by Crippen LogP contribution is -2.04. The smallest absolute Gasteiger partial charge is 0.504 e. The zero-order chi connectivity index (χ0) is 6.57. The van der Waals surface area contributed by atoms with E-state index in [4.69, 9.17) is 0 Å². The van der Waals surface area contributed by atoms with Gasteiger partial charge >= 0.3 is 5.95 Å². The van der Waals surface area contributed by atoms with Crippen LogP contribution in [0.2, 0.25) is 0 Å². The third-order valence-corrected chi connectivity index (χ3v) is 0.604. The van der Waals surface area contributed by atoms with Gasteiger partial charge in [-0.15, -0.1) is 0 Å². The number of rotatable bonds is 2. The summed E-state index contributed by atoms with van der Waals surface area (Å²) in [5, 5.41) is 10.3. The monoisotopic (exact) mass is 116 g/mol. The number of ether oxygens (including phenoxy) is 1. The van der Waals surface area contributed by atoms with Gasteiger partial charge in [0.25, 0.3) is 0 Å². The molecule has 0 heterocycles. The van der Waals surface area contributed by atoms with Gasteiger partial charge in [-0.05, 0) is 6.92 Å². The molecule has 0 aliphatic heterocycles. The molecule has 0 bridgehead atoms. The van der Waals surface area contributed by atoms with Crippen LogP contribution in [0, 0.1) is 0 Å². The molecule has 0 unspecified atom stereocenters. The molecule has 0 atom stereocenters. The maximum Gasteiger partial charge on any atom is 0.504 e. The summed E-state index contributed by atoms with van der Waals surface area (Å²) in [6, 6.07) is 0. The largest absolute Gasteiger partial charge is 0.867 e. The molecule has 0 fully saturated rings. The van der Waals surface area contributed by atoms with Crippen molar-refractivity contribution < 1.29 is 14.3 Å². The Morgan fingerprint density at radius 1 is 1.75 bits per heavy atom. The first-order chi connectivity index (χ1) is 3.72. The molecule has 0 saturated heterocycles. The second kappa shape index (κ2) is 3.07. The van der Waals surface area contributed by atoms with Gasteiger partial charge in [0.05, 0.1) is 0 Å². The molecule has 0 N–H and O–H groups in total. The summed E-state index contributed by atoms with van der Waals surface area (Å²) in [5.41, 5.74) is 0. The Bertz CT molecular complexity index is 111. The van der Waals surface area contributed by atoms with E-state index in [-0.39, 0.29) is 11.7 Å². The van der Waals surface area contributed by atoms with Crippen LogP contribution < -0.4 is 5.11 Å². The van der Waals surface area contributed by atoms with Crippen molar-refractivity contribution in [2.45, 2.75) is 6.92 Å². The molecule has 8 heavy (non-hydrogen) atoms. The van der Waals surface area contributed by atoms with Crippen LogP contribution in [-0.4, -0.2) is 13.9 Å². The first-order valence-corrected chi connectivity index (χ1v) is 2.06. The zero-order valence-electron chi connectivity index (χ0n) is 4.93. The van der Waals surface area contributed by atoms with Gasteiger partial charge in [0.2, 0.25) is 0 Å². The van der Waals surface area contributed by atoms with Gasteiger partial charge in [-0.2, -0.15) is 0 Å². The first kappa shape index (κ1) is 7.01. The van der Waals surface area contributed by atoms with E-state index in [0.29, 0.717) is 0 Å². The standard InChI is InChI=1S/C5H8O3/c1-4(6)5(7-2)8-3/h2H2,1,3H3/b5-4-. The van der Waals surface area contributed by atoms with E-state index >= 15 is 0 Å². The quantitative estimate of drug-likeness (QED) is 0.362. The summed E-state index contributed by atoms with van der Waals surface area (Å²) in [6.45, 7) is 4.33. The minimum absolute atomic E-state index is 0.0648. The number of allylic oxidation sites excluding steroid dienone is 1. The summed E-state index contributed by atoms with van der Waals surface area (Å²) in [6.07, 6.45) is 0. The number of methoxy groups -OCH3 is 1. The molecule has 0 aliphatic carbocycles. The normalized spacial score (nSPS) is 12.2. The highest BCUT2D eigenvalue weighted by atomic mass is 16.6. The summed E-state index contributed by atoms with van der Waals surface area (Å²) >= 11 is 0. The lowest BCUT2D eigenvalue weighted by atomic mass is 10.6. The van der Waals surface area contributed by atoms with Gasteiger partial charge < -0.3 is 9.84 Å². The number of hydrogen-bond acceptors (Lipinski definition) is 2. The van der Waals surface area contributed by atoms with Crippen molar-refractivity contribution in [3.8, 4) is 0 Å².